The molecule has 132 valence electrons. The van der Waals surface area contributed by atoms with Crippen molar-refractivity contribution in [1.29, 1.82) is 0 Å². The van der Waals surface area contributed by atoms with Gasteiger partial charge in [0.05, 0.1) is 6.17 Å². The van der Waals surface area contributed by atoms with E-state index in [2.05, 4.69) is 42.4 Å². The normalized spacial score (nSPS) is 33.0. The van der Waals surface area contributed by atoms with Crippen LogP contribution in [0.15, 0.2) is 36.4 Å². The number of amides is 1. The Kier molecular flexibility index (Phi) is 3.48. The van der Waals surface area contributed by atoms with Crippen LogP contribution in [0.1, 0.15) is 37.8 Å². The zero-order valence-electron chi connectivity index (χ0n) is 15.0. The topological polar surface area (TPSA) is 67.6 Å². The summed E-state index contributed by atoms with van der Waals surface area (Å²) >= 11 is 0. The molecule has 2 aliphatic heterocycles. The van der Waals surface area contributed by atoms with Crippen LogP contribution >= 0.6 is 0 Å². The Labute approximate surface area is 148 Å². The first kappa shape index (κ1) is 16.2. The molecular formula is C20H25N3O2. The van der Waals surface area contributed by atoms with Crippen LogP contribution in [0, 0.1) is 0 Å². The zero-order valence-corrected chi connectivity index (χ0v) is 15.0. The first-order valence-electron chi connectivity index (χ1n) is 8.82. The molecule has 3 N–H and O–H groups in total. The molecule has 1 fully saturated rings. The molecule has 1 saturated heterocycles. The van der Waals surface area contributed by atoms with E-state index in [-0.39, 0.29) is 5.41 Å². The second-order valence-corrected chi connectivity index (χ2v) is 7.73. The van der Waals surface area contributed by atoms with Gasteiger partial charge in [0, 0.05) is 30.1 Å². The van der Waals surface area contributed by atoms with Gasteiger partial charge in [-0.05, 0) is 43.1 Å². The minimum atomic E-state index is -0.739. The summed E-state index contributed by atoms with van der Waals surface area (Å²) in [6.45, 7) is 5.29. The van der Waals surface area contributed by atoms with Crippen molar-refractivity contribution in [2.24, 2.45) is 5.73 Å². The molecule has 0 bridgehead atoms. The van der Waals surface area contributed by atoms with Gasteiger partial charge in [0.15, 0.2) is 0 Å². The van der Waals surface area contributed by atoms with Crippen molar-refractivity contribution in [3.8, 4) is 0 Å². The molecule has 1 aromatic rings. The van der Waals surface area contributed by atoms with Gasteiger partial charge in [-0.25, -0.2) is 4.79 Å². The molecular weight excluding hydrogens is 314 g/mol. The molecule has 0 aromatic heterocycles. The van der Waals surface area contributed by atoms with Crippen LogP contribution in [0.25, 0.3) is 5.57 Å². The minimum absolute atomic E-state index is 0.103. The lowest BCUT2D eigenvalue weighted by Crippen LogP contribution is -2.44. The fourth-order valence-electron chi connectivity index (χ4n) is 4.75. The van der Waals surface area contributed by atoms with E-state index in [0.717, 1.165) is 24.1 Å². The van der Waals surface area contributed by atoms with Gasteiger partial charge in [-0.3, -0.25) is 5.32 Å². The highest BCUT2D eigenvalue weighted by Crippen LogP contribution is 2.49. The molecule has 3 atom stereocenters. The molecule has 25 heavy (non-hydrogen) atoms. The number of nitrogens with two attached hydrogens (primary N) is 1. The number of fused-ring (bicyclic) bond motifs is 3. The molecule has 1 aliphatic carbocycles. The van der Waals surface area contributed by atoms with E-state index in [4.69, 9.17) is 10.5 Å². The van der Waals surface area contributed by atoms with Crippen molar-refractivity contribution < 1.29 is 9.53 Å². The van der Waals surface area contributed by atoms with Crippen molar-refractivity contribution in [2.75, 3.05) is 18.5 Å². The summed E-state index contributed by atoms with van der Waals surface area (Å²) < 4.78 is 5.49. The summed E-state index contributed by atoms with van der Waals surface area (Å²) in [6.07, 6.45) is 7.39. The lowest BCUT2D eigenvalue weighted by molar-refractivity contribution is 0.0754. The molecule has 3 aliphatic rings. The number of nitrogens with zero attached hydrogens (tertiary/aromatic N) is 1. The number of hydrogen-bond donors (Lipinski definition) is 2. The van der Waals surface area contributed by atoms with Crippen LogP contribution in [0.3, 0.4) is 0 Å². The van der Waals surface area contributed by atoms with Crippen LogP contribution in [0.5, 0.6) is 0 Å². The van der Waals surface area contributed by atoms with E-state index in [9.17, 15) is 4.79 Å². The lowest BCUT2D eigenvalue weighted by Gasteiger charge is -2.33. The number of anilines is 1. The summed E-state index contributed by atoms with van der Waals surface area (Å²) in [4.78, 5) is 13.7. The third-order valence-electron chi connectivity index (χ3n) is 6.08. The molecule has 5 nitrogen and oxygen atoms in total. The fraction of sp³-hybridized carbons (Fsp3) is 0.450. The predicted molar refractivity (Wildman–Crippen MR) is 99.4 cm³/mol. The van der Waals surface area contributed by atoms with Gasteiger partial charge in [-0.15, -0.1) is 0 Å². The smallest absolute Gasteiger partial charge is 0.405 e. The Hall–Kier alpha value is -2.27. The van der Waals surface area contributed by atoms with E-state index in [1.165, 1.54) is 11.3 Å². The van der Waals surface area contributed by atoms with Crippen LogP contribution in [-0.2, 0) is 10.2 Å². The van der Waals surface area contributed by atoms with E-state index in [0.29, 0.717) is 12.6 Å². The third-order valence-corrected chi connectivity index (χ3v) is 6.08. The van der Waals surface area contributed by atoms with Gasteiger partial charge in [0.1, 0.15) is 5.60 Å². The monoisotopic (exact) mass is 339 g/mol. The molecule has 1 aromatic carbocycles. The van der Waals surface area contributed by atoms with E-state index >= 15 is 0 Å². The number of nitrogens with one attached hydrogen (secondary N) is 1. The number of primary amides is 1. The molecule has 0 radical (unpaired) electrons. The average Bonchev–Trinajstić information content (AvgIpc) is 3.03. The number of likely N-dealkylation sites (N-methyl/N-ethyl adjacent to an activating group) is 1. The number of hydrogen-bond acceptors (Lipinski definition) is 4. The van der Waals surface area contributed by atoms with E-state index in [1.807, 2.05) is 25.2 Å². The minimum Gasteiger partial charge on any atom is -0.438 e. The van der Waals surface area contributed by atoms with Crippen LogP contribution in [0.2, 0.25) is 0 Å². The molecule has 2 heterocycles. The third kappa shape index (κ3) is 2.29. The van der Waals surface area contributed by atoms with Gasteiger partial charge in [-0.1, -0.05) is 31.2 Å². The number of allylic oxidation sites excluding steroid dienone is 2. The number of benzene rings is 1. The fourth-order valence-corrected chi connectivity index (χ4v) is 4.75. The predicted octanol–water partition coefficient (Wildman–Crippen LogP) is 2.91. The molecule has 1 amide bonds. The standard InChI is InChI=1S/C20H25N3O2/c1-19-10-11-22-17(19)23(3)16-8-7-13(12-15(16)19)14-6-4-5-9-20(14,2)25-18(21)24/h4-8,12,17,22H,9-11H2,1-3H3,(H2,21,24)/t17?,19-,20?/m1/s1. The first-order chi connectivity index (χ1) is 11.8. The summed E-state index contributed by atoms with van der Waals surface area (Å²) in [5.74, 6) is 0. The van der Waals surface area contributed by atoms with Crippen molar-refractivity contribution in [2.45, 2.75) is 43.9 Å². The van der Waals surface area contributed by atoms with Crippen molar-refractivity contribution >= 4 is 17.4 Å². The number of rotatable bonds is 2. The molecule has 0 spiro atoms. The van der Waals surface area contributed by atoms with Gasteiger partial charge in [-0.2, -0.15) is 0 Å². The van der Waals surface area contributed by atoms with E-state index < -0.39 is 11.7 Å². The number of carbonyl (C=O) groups excluding carboxylic acids is 1. The first-order valence-corrected chi connectivity index (χ1v) is 8.82. The van der Waals surface area contributed by atoms with Gasteiger partial charge in [0.2, 0.25) is 0 Å². The summed E-state index contributed by atoms with van der Waals surface area (Å²) in [7, 11) is 2.15. The highest BCUT2D eigenvalue weighted by Gasteiger charge is 2.49. The molecule has 2 unspecified atom stereocenters. The van der Waals surface area contributed by atoms with Crippen molar-refractivity contribution in [1.82, 2.24) is 5.32 Å². The van der Waals surface area contributed by atoms with Crippen molar-refractivity contribution in [3.05, 3.63) is 47.6 Å². The second kappa shape index (κ2) is 5.36. The van der Waals surface area contributed by atoms with Gasteiger partial charge < -0.3 is 15.4 Å². The Bertz CT molecular complexity index is 800. The maximum absolute atomic E-state index is 11.4. The Balaban J connectivity index is 1.79. The Morgan fingerprint density at radius 2 is 2.20 bits per heavy atom. The van der Waals surface area contributed by atoms with Gasteiger partial charge >= 0.3 is 6.09 Å². The molecule has 0 saturated carbocycles. The summed E-state index contributed by atoms with van der Waals surface area (Å²) in [5, 5.41) is 3.61. The quantitative estimate of drug-likeness (QED) is 0.869. The Morgan fingerprint density at radius 1 is 1.40 bits per heavy atom. The summed E-state index contributed by atoms with van der Waals surface area (Å²) in [5.41, 5.74) is 9.42. The maximum atomic E-state index is 11.4. The summed E-state index contributed by atoms with van der Waals surface area (Å²) in [6, 6.07) is 6.57. The highest BCUT2D eigenvalue weighted by molar-refractivity contribution is 5.80. The Morgan fingerprint density at radius 3 is 2.96 bits per heavy atom. The largest absolute Gasteiger partial charge is 0.438 e. The maximum Gasteiger partial charge on any atom is 0.405 e. The van der Waals surface area contributed by atoms with Crippen LogP contribution < -0.4 is 16.0 Å². The van der Waals surface area contributed by atoms with Crippen molar-refractivity contribution in [3.63, 3.8) is 0 Å². The zero-order chi connectivity index (χ0) is 17.8. The van der Waals surface area contributed by atoms with E-state index in [1.54, 1.807) is 0 Å². The highest BCUT2D eigenvalue weighted by atomic mass is 16.6. The number of ether oxygens (including phenoxy) is 1. The van der Waals surface area contributed by atoms with Gasteiger partial charge in [0.25, 0.3) is 0 Å². The lowest BCUT2D eigenvalue weighted by atomic mass is 9.78. The molecule has 5 heteroatoms. The van der Waals surface area contributed by atoms with Crippen LogP contribution in [0.4, 0.5) is 10.5 Å². The number of carbonyl (C=O) groups is 1. The average molecular weight is 339 g/mol. The SMILES string of the molecule is CN1c2ccc(C3=CC=CCC3(C)OC(N)=O)cc2[C@@]2(C)CCNC12. The van der Waals surface area contributed by atoms with Crippen LogP contribution in [-0.4, -0.2) is 31.5 Å². The molecule has 4 rings (SSSR count). The second-order valence-electron chi connectivity index (χ2n) is 7.73.